The lowest BCUT2D eigenvalue weighted by Crippen LogP contribution is -2.34. The van der Waals surface area contributed by atoms with Crippen molar-refractivity contribution in [3.63, 3.8) is 0 Å². The predicted molar refractivity (Wildman–Crippen MR) is 82.1 cm³/mol. The number of piperidine rings is 1. The van der Waals surface area contributed by atoms with Gasteiger partial charge < -0.3 is 20.1 Å². The van der Waals surface area contributed by atoms with Crippen LogP contribution >= 0.6 is 12.4 Å². The third-order valence-corrected chi connectivity index (χ3v) is 3.84. The van der Waals surface area contributed by atoms with E-state index in [4.69, 9.17) is 0 Å². The van der Waals surface area contributed by atoms with Gasteiger partial charge in [0.25, 0.3) is 0 Å². The molecule has 1 atom stereocenters. The molecule has 0 unspecified atom stereocenters. The summed E-state index contributed by atoms with van der Waals surface area (Å²) in [4.78, 5) is 12.9. The van der Waals surface area contributed by atoms with E-state index in [0.29, 0.717) is 18.4 Å². The third kappa shape index (κ3) is 4.25. The highest BCUT2D eigenvalue weighted by Crippen LogP contribution is 2.41. The molecule has 1 aliphatic rings. The van der Waals surface area contributed by atoms with Gasteiger partial charge in [-0.25, -0.2) is 0 Å². The van der Waals surface area contributed by atoms with Gasteiger partial charge in [0.05, 0.1) is 5.56 Å². The van der Waals surface area contributed by atoms with Crippen LogP contribution in [0.3, 0.4) is 0 Å². The third-order valence-electron chi connectivity index (χ3n) is 3.84. The number of carbonyl (C=O) groups is 1. The summed E-state index contributed by atoms with van der Waals surface area (Å²) in [5.41, 5.74) is 0.409. The molecule has 3 N–H and O–H groups in total. The average molecular weight is 316 g/mol. The molecule has 0 radical (unpaired) electrons. The summed E-state index contributed by atoms with van der Waals surface area (Å²) in [7, 11) is 0. The Morgan fingerprint density at radius 3 is 2.19 bits per heavy atom. The fourth-order valence-electron chi connectivity index (χ4n) is 2.92. The van der Waals surface area contributed by atoms with Crippen LogP contribution in [0.4, 0.5) is 0 Å². The zero-order valence-electron chi connectivity index (χ0n) is 11.9. The lowest BCUT2D eigenvalue weighted by molar-refractivity contribution is -0.108. The smallest absolute Gasteiger partial charge is 0.127 e. The van der Waals surface area contributed by atoms with Crippen LogP contribution in [-0.4, -0.2) is 39.6 Å². The number of carbonyl (C=O) groups excluding carboxylic acids is 1. The Bertz CT molecular complexity index is 452. The second-order valence-corrected chi connectivity index (χ2v) is 5.25. The number of aromatic hydroxyl groups is 3. The molecule has 0 aromatic heterocycles. The minimum absolute atomic E-state index is 0. The Balaban J connectivity index is 0.00000220. The van der Waals surface area contributed by atoms with Crippen LogP contribution in [0.15, 0.2) is 12.1 Å². The van der Waals surface area contributed by atoms with E-state index in [2.05, 4.69) is 4.90 Å². The number of hydrogen-bond donors (Lipinski definition) is 3. The summed E-state index contributed by atoms with van der Waals surface area (Å²) in [6, 6.07) is 2.26. The molecule has 5 nitrogen and oxygen atoms in total. The maximum absolute atomic E-state index is 10.7. The molecule has 1 aromatic rings. The van der Waals surface area contributed by atoms with Gasteiger partial charge >= 0.3 is 0 Å². The summed E-state index contributed by atoms with van der Waals surface area (Å²) in [6.07, 6.45) is 5.13. The fourth-order valence-corrected chi connectivity index (χ4v) is 2.92. The Morgan fingerprint density at radius 1 is 1.10 bits per heavy atom. The number of phenols is 3. The molecule has 2 rings (SSSR count). The van der Waals surface area contributed by atoms with E-state index in [1.54, 1.807) is 0 Å². The van der Waals surface area contributed by atoms with Crippen LogP contribution in [0.2, 0.25) is 0 Å². The van der Waals surface area contributed by atoms with Gasteiger partial charge in [0.15, 0.2) is 0 Å². The number of nitrogens with zero attached hydrogens (tertiary/aromatic N) is 1. The van der Waals surface area contributed by atoms with E-state index < -0.39 is 0 Å². The topological polar surface area (TPSA) is 81.0 Å². The average Bonchev–Trinajstić information content (AvgIpc) is 2.42. The lowest BCUT2D eigenvalue weighted by Gasteiger charge is -2.35. The van der Waals surface area contributed by atoms with Crippen molar-refractivity contribution < 1.29 is 20.1 Å². The van der Waals surface area contributed by atoms with E-state index in [1.807, 2.05) is 0 Å². The highest BCUT2D eigenvalue weighted by Gasteiger charge is 2.27. The predicted octanol–water partition coefficient (Wildman–Crippen LogP) is 2.73. The summed E-state index contributed by atoms with van der Waals surface area (Å²) in [6.45, 7) is 1.78. The number of rotatable bonds is 5. The van der Waals surface area contributed by atoms with Crippen molar-refractivity contribution in [2.45, 2.75) is 38.1 Å². The van der Waals surface area contributed by atoms with Crippen LogP contribution in [0.5, 0.6) is 17.2 Å². The minimum atomic E-state index is -0.193. The molecule has 0 saturated carbocycles. The monoisotopic (exact) mass is 315 g/mol. The molecule has 0 amide bonds. The first-order valence-electron chi connectivity index (χ1n) is 7.06. The number of likely N-dealkylation sites (tertiary alicyclic amines) is 1. The van der Waals surface area contributed by atoms with Crippen LogP contribution < -0.4 is 0 Å². The van der Waals surface area contributed by atoms with Gasteiger partial charge in [-0.3, -0.25) is 4.90 Å². The van der Waals surface area contributed by atoms with E-state index in [9.17, 15) is 20.1 Å². The summed E-state index contributed by atoms with van der Waals surface area (Å²) >= 11 is 0. The van der Waals surface area contributed by atoms with Crippen LogP contribution in [0.25, 0.3) is 0 Å². The molecule has 21 heavy (non-hydrogen) atoms. The van der Waals surface area contributed by atoms with Crippen molar-refractivity contribution in [3.8, 4) is 17.2 Å². The number of benzene rings is 1. The van der Waals surface area contributed by atoms with Gasteiger partial charge in [-0.15, -0.1) is 12.4 Å². The SMILES string of the molecule is Cl.O=CCC[C@@H](c1c(O)cc(O)cc1O)N1CCCCC1. The van der Waals surface area contributed by atoms with Gasteiger partial charge in [-0.1, -0.05) is 6.42 Å². The lowest BCUT2D eigenvalue weighted by atomic mass is 9.96. The Hall–Kier alpha value is -1.46. The minimum Gasteiger partial charge on any atom is -0.508 e. The van der Waals surface area contributed by atoms with Crippen molar-refractivity contribution in [2.75, 3.05) is 13.1 Å². The second kappa shape index (κ2) is 8.10. The van der Waals surface area contributed by atoms with Gasteiger partial charge in [-0.05, 0) is 32.4 Å². The van der Waals surface area contributed by atoms with Crippen molar-refractivity contribution in [1.82, 2.24) is 4.90 Å². The number of hydrogen-bond acceptors (Lipinski definition) is 5. The van der Waals surface area contributed by atoms with Gasteiger partial charge in [0, 0.05) is 24.6 Å². The second-order valence-electron chi connectivity index (χ2n) is 5.25. The first-order valence-corrected chi connectivity index (χ1v) is 7.06. The van der Waals surface area contributed by atoms with E-state index in [1.165, 1.54) is 18.6 Å². The molecule has 0 bridgehead atoms. The molecule has 1 fully saturated rings. The Kier molecular flexibility index (Phi) is 6.78. The number of phenolic OH excluding ortho intramolecular Hbond substituents is 3. The van der Waals surface area contributed by atoms with E-state index in [-0.39, 0.29) is 35.7 Å². The quantitative estimate of drug-likeness (QED) is 0.728. The zero-order chi connectivity index (χ0) is 14.5. The summed E-state index contributed by atoms with van der Waals surface area (Å²) < 4.78 is 0. The maximum Gasteiger partial charge on any atom is 0.127 e. The first-order chi connectivity index (χ1) is 9.63. The molecule has 1 aromatic carbocycles. The van der Waals surface area contributed by atoms with E-state index >= 15 is 0 Å². The summed E-state index contributed by atoms with van der Waals surface area (Å²) in [5, 5.41) is 29.5. The molecular weight excluding hydrogens is 294 g/mol. The summed E-state index contributed by atoms with van der Waals surface area (Å²) in [5.74, 6) is -0.413. The fraction of sp³-hybridized carbons (Fsp3) is 0.533. The zero-order valence-corrected chi connectivity index (χ0v) is 12.7. The normalized spacial score (nSPS) is 17.0. The van der Waals surface area contributed by atoms with Crippen LogP contribution in [0, 0.1) is 0 Å². The molecule has 6 heteroatoms. The molecule has 118 valence electrons. The van der Waals surface area contributed by atoms with Crippen molar-refractivity contribution in [1.29, 1.82) is 0 Å². The molecule has 1 saturated heterocycles. The first kappa shape index (κ1) is 17.6. The van der Waals surface area contributed by atoms with E-state index in [0.717, 1.165) is 32.2 Å². The Morgan fingerprint density at radius 2 is 1.67 bits per heavy atom. The van der Waals surface area contributed by atoms with Crippen LogP contribution in [-0.2, 0) is 4.79 Å². The maximum atomic E-state index is 10.7. The van der Waals surface area contributed by atoms with Crippen LogP contribution in [0.1, 0.15) is 43.7 Å². The molecule has 1 aliphatic heterocycles. The molecular formula is C15H22ClNO4. The van der Waals surface area contributed by atoms with Gasteiger partial charge in [0.1, 0.15) is 23.5 Å². The molecule has 1 heterocycles. The van der Waals surface area contributed by atoms with Crippen molar-refractivity contribution in [3.05, 3.63) is 17.7 Å². The van der Waals surface area contributed by atoms with Gasteiger partial charge in [0.2, 0.25) is 0 Å². The Labute approximate surface area is 130 Å². The highest BCUT2D eigenvalue weighted by atomic mass is 35.5. The van der Waals surface area contributed by atoms with Gasteiger partial charge in [-0.2, -0.15) is 0 Å². The standard InChI is InChI=1S/C15H21NO4.ClH/c17-8-4-5-12(16-6-2-1-3-7-16)15-13(19)9-11(18)10-14(15)20;/h8-10,12,18-20H,1-7H2;1H/t12-;/m0./s1. The highest BCUT2D eigenvalue weighted by molar-refractivity contribution is 5.85. The molecule has 0 aliphatic carbocycles. The number of halogens is 1. The largest absolute Gasteiger partial charge is 0.508 e. The van der Waals surface area contributed by atoms with Crippen molar-refractivity contribution in [2.24, 2.45) is 0 Å². The number of aldehydes is 1. The molecule has 0 spiro atoms. The van der Waals surface area contributed by atoms with Crippen molar-refractivity contribution >= 4 is 18.7 Å².